The first-order chi connectivity index (χ1) is 13.4. The molecule has 1 aromatic carbocycles. The average Bonchev–Trinajstić information content (AvgIpc) is 3.23. The molecule has 1 saturated heterocycles. The number of nitrogens with one attached hydrogen (secondary N) is 1. The Morgan fingerprint density at radius 3 is 2.34 bits per heavy atom. The van der Waals surface area contributed by atoms with Gasteiger partial charge in [-0.2, -0.15) is 5.10 Å². The molecule has 0 spiro atoms. The fourth-order valence-corrected chi connectivity index (χ4v) is 5.39. The van der Waals surface area contributed by atoms with Crippen LogP contribution in [0.25, 0.3) is 0 Å². The molecule has 9 heteroatoms. The molecule has 1 N–H and O–H groups in total. The number of rotatable bonds is 4. The summed E-state index contributed by atoms with van der Waals surface area (Å²) in [6.45, 7) is 10.6. The molecule has 0 saturated carbocycles. The van der Waals surface area contributed by atoms with Crippen LogP contribution in [0.2, 0.25) is 5.02 Å². The highest BCUT2D eigenvalue weighted by Crippen LogP contribution is 2.30. The summed E-state index contributed by atoms with van der Waals surface area (Å²) in [5.41, 5.74) is 1.06. The highest BCUT2D eigenvalue weighted by atomic mass is 35.5. The Labute approximate surface area is 177 Å². The van der Waals surface area contributed by atoms with Gasteiger partial charge in [0.1, 0.15) is 4.90 Å². The minimum Gasteiger partial charge on any atom is -0.339 e. The molecular weight excluding hydrogens is 412 g/mol. The molecule has 158 valence electrons. The lowest BCUT2D eigenvalue weighted by atomic mass is 10.1. The third kappa shape index (κ3) is 4.28. The molecule has 0 bridgehead atoms. The quantitative estimate of drug-likeness (QED) is 0.783. The van der Waals surface area contributed by atoms with Gasteiger partial charge >= 0.3 is 0 Å². The lowest BCUT2D eigenvalue weighted by Gasteiger charge is -2.21. The SMILES string of the molecule is Cc1nn(C(C)(C)C)c(C)c1S(=O)(=O)Nc1ccc(Cl)cc1C(=O)N1CCCC1. The van der Waals surface area contributed by atoms with E-state index in [4.69, 9.17) is 11.6 Å². The Hall–Kier alpha value is -2.06. The number of likely N-dealkylation sites (tertiary alicyclic amines) is 1. The molecule has 7 nitrogen and oxygen atoms in total. The highest BCUT2D eigenvalue weighted by Gasteiger charge is 2.30. The van der Waals surface area contributed by atoms with Crippen LogP contribution >= 0.6 is 11.6 Å². The number of carbonyl (C=O) groups is 1. The largest absolute Gasteiger partial charge is 0.339 e. The van der Waals surface area contributed by atoms with E-state index in [1.165, 1.54) is 12.1 Å². The first-order valence-corrected chi connectivity index (χ1v) is 11.5. The number of aromatic nitrogens is 2. The van der Waals surface area contributed by atoms with E-state index >= 15 is 0 Å². The van der Waals surface area contributed by atoms with Crippen molar-refractivity contribution < 1.29 is 13.2 Å². The number of benzene rings is 1. The van der Waals surface area contributed by atoms with Gasteiger partial charge in [-0.05, 0) is 65.7 Å². The van der Waals surface area contributed by atoms with E-state index < -0.39 is 10.0 Å². The van der Waals surface area contributed by atoms with Crippen molar-refractivity contribution in [2.75, 3.05) is 17.8 Å². The molecule has 2 aromatic rings. The van der Waals surface area contributed by atoms with Crippen molar-refractivity contribution >= 4 is 33.2 Å². The van der Waals surface area contributed by atoms with Gasteiger partial charge in [0.05, 0.1) is 28.2 Å². The minimum atomic E-state index is -3.95. The van der Waals surface area contributed by atoms with Crippen LogP contribution in [0.4, 0.5) is 5.69 Å². The Balaban J connectivity index is 2.02. The number of amides is 1. The van der Waals surface area contributed by atoms with Crippen molar-refractivity contribution in [2.24, 2.45) is 0 Å². The van der Waals surface area contributed by atoms with Gasteiger partial charge < -0.3 is 4.90 Å². The van der Waals surface area contributed by atoms with Crippen LogP contribution in [0, 0.1) is 13.8 Å². The van der Waals surface area contributed by atoms with Gasteiger partial charge in [0.2, 0.25) is 0 Å². The maximum atomic E-state index is 13.2. The van der Waals surface area contributed by atoms with Crippen LogP contribution in [-0.4, -0.2) is 42.1 Å². The molecule has 1 aliphatic heterocycles. The molecule has 0 radical (unpaired) electrons. The third-order valence-corrected chi connectivity index (χ3v) is 6.83. The standard InChI is InChI=1S/C20H27ClN4O3S/c1-13-18(14(2)25(22-13)20(3,4)5)29(27,28)23-17-9-8-15(21)12-16(17)19(26)24-10-6-7-11-24/h8-9,12,23H,6-7,10-11H2,1-5H3. The van der Waals surface area contributed by atoms with E-state index in [9.17, 15) is 13.2 Å². The van der Waals surface area contributed by atoms with Crippen LogP contribution in [0.5, 0.6) is 0 Å². The van der Waals surface area contributed by atoms with Crippen molar-refractivity contribution in [1.29, 1.82) is 0 Å². The Morgan fingerprint density at radius 2 is 1.79 bits per heavy atom. The molecule has 2 heterocycles. The predicted octanol–water partition coefficient (Wildman–Crippen LogP) is 3.95. The number of aryl methyl sites for hydroxylation is 1. The summed E-state index contributed by atoms with van der Waals surface area (Å²) < 4.78 is 30.8. The van der Waals surface area contributed by atoms with Gasteiger partial charge in [-0.25, -0.2) is 8.42 Å². The topological polar surface area (TPSA) is 84.3 Å². The predicted molar refractivity (Wildman–Crippen MR) is 114 cm³/mol. The second-order valence-corrected chi connectivity index (χ2v) is 10.4. The zero-order valence-electron chi connectivity index (χ0n) is 17.4. The molecule has 0 atom stereocenters. The van der Waals surface area contributed by atoms with Gasteiger partial charge in [0.15, 0.2) is 0 Å². The summed E-state index contributed by atoms with van der Waals surface area (Å²) in [4.78, 5) is 14.8. The van der Waals surface area contributed by atoms with E-state index in [2.05, 4.69) is 9.82 Å². The van der Waals surface area contributed by atoms with E-state index in [1.807, 2.05) is 20.8 Å². The van der Waals surface area contributed by atoms with Crippen molar-refractivity contribution in [3.05, 3.63) is 40.2 Å². The summed E-state index contributed by atoms with van der Waals surface area (Å²) >= 11 is 6.10. The molecular formula is C20H27ClN4O3S. The zero-order valence-corrected chi connectivity index (χ0v) is 19.0. The average molecular weight is 439 g/mol. The highest BCUT2D eigenvalue weighted by molar-refractivity contribution is 7.92. The number of sulfonamides is 1. The summed E-state index contributed by atoms with van der Waals surface area (Å²) in [7, 11) is -3.95. The first-order valence-electron chi connectivity index (χ1n) is 9.60. The number of anilines is 1. The minimum absolute atomic E-state index is 0.127. The fraction of sp³-hybridized carbons (Fsp3) is 0.500. The summed E-state index contributed by atoms with van der Waals surface area (Å²) in [6.07, 6.45) is 1.88. The van der Waals surface area contributed by atoms with Crippen molar-refractivity contribution in [2.45, 2.75) is 57.9 Å². The Kier molecular flexibility index (Phi) is 5.71. The number of nitrogens with zero attached hydrogens (tertiary/aromatic N) is 3. The van der Waals surface area contributed by atoms with Crippen LogP contribution < -0.4 is 4.72 Å². The number of hydrogen-bond acceptors (Lipinski definition) is 4. The van der Waals surface area contributed by atoms with Crippen molar-refractivity contribution in [3.63, 3.8) is 0 Å². The van der Waals surface area contributed by atoms with E-state index in [-0.39, 0.29) is 27.6 Å². The number of hydrogen-bond donors (Lipinski definition) is 1. The van der Waals surface area contributed by atoms with E-state index in [0.717, 1.165) is 12.8 Å². The molecule has 0 aliphatic carbocycles. The number of halogens is 1. The summed E-state index contributed by atoms with van der Waals surface area (Å²) in [5.74, 6) is -0.221. The third-order valence-electron chi connectivity index (χ3n) is 4.98. The van der Waals surface area contributed by atoms with Crippen LogP contribution in [0.3, 0.4) is 0 Å². The van der Waals surface area contributed by atoms with Gasteiger partial charge in [0.25, 0.3) is 15.9 Å². The zero-order chi connectivity index (χ0) is 21.6. The molecule has 1 aliphatic rings. The number of carbonyl (C=O) groups excluding carboxylic acids is 1. The second-order valence-electron chi connectivity index (χ2n) is 8.38. The lowest BCUT2D eigenvalue weighted by molar-refractivity contribution is 0.0794. The summed E-state index contributed by atoms with van der Waals surface area (Å²) in [6, 6.07) is 4.61. The van der Waals surface area contributed by atoms with Crippen molar-refractivity contribution in [3.8, 4) is 0 Å². The lowest BCUT2D eigenvalue weighted by Crippen LogP contribution is -2.29. The molecule has 1 fully saturated rings. The van der Waals surface area contributed by atoms with E-state index in [0.29, 0.717) is 29.5 Å². The Morgan fingerprint density at radius 1 is 1.17 bits per heavy atom. The van der Waals surface area contributed by atoms with Gasteiger partial charge in [-0.3, -0.25) is 14.2 Å². The van der Waals surface area contributed by atoms with Crippen LogP contribution in [0.1, 0.15) is 55.4 Å². The van der Waals surface area contributed by atoms with Gasteiger partial charge in [0, 0.05) is 18.1 Å². The van der Waals surface area contributed by atoms with Gasteiger partial charge in [-0.15, -0.1) is 0 Å². The molecule has 3 rings (SSSR count). The monoisotopic (exact) mass is 438 g/mol. The maximum Gasteiger partial charge on any atom is 0.265 e. The van der Waals surface area contributed by atoms with E-state index in [1.54, 1.807) is 29.5 Å². The first kappa shape index (κ1) is 21.6. The van der Waals surface area contributed by atoms with Crippen LogP contribution in [-0.2, 0) is 15.6 Å². The molecule has 29 heavy (non-hydrogen) atoms. The molecule has 1 amide bonds. The Bertz CT molecular complexity index is 1050. The normalized spacial score (nSPS) is 15.0. The van der Waals surface area contributed by atoms with Gasteiger partial charge in [-0.1, -0.05) is 11.6 Å². The fourth-order valence-electron chi connectivity index (χ4n) is 3.74. The molecule has 1 aromatic heterocycles. The summed E-state index contributed by atoms with van der Waals surface area (Å²) in [5, 5.41) is 4.80. The second kappa shape index (κ2) is 7.65. The molecule has 0 unspecified atom stereocenters. The maximum absolute atomic E-state index is 13.2. The smallest absolute Gasteiger partial charge is 0.265 e. The van der Waals surface area contributed by atoms with Crippen molar-refractivity contribution in [1.82, 2.24) is 14.7 Å². The van der Waals surface area contributed by atoms with Crippen LogP contribution in [0.15, 0.2) is 23.1 Å².